The van der Waals surface area contributed by atoms with Gasteiger partial charge in [0.1, 0.15) is 6.04 Å². The second kappa shape index (κ2) is 9.97. The molecule has 0 amide bonds. The molecule has 1 fully saturated rings. The van der Waals surface area contributed by atoms with E-state index in [9.17, 15) is 13.2 Å². The van der Waals surface area contributed by atoms with Crippen molar-refractivity contribution in [3.8, 4) is 0 Å². The van der Waals surface area contributed by atoms with Crippen molar-refractivity contribution in [2.24, 2.45) is 0 Å². The fourth-order valence-corrected chi connectivity index (χ4v) is 4.94. The molecule has 1 aromatic heterocycles. The fraction of sp³-hybridized carbons (Fsp3) is 0.636. The third-order valence-corrected chi connectivity index (χ3v) is 6.58. The molecule has 1 saturated heterocycles. The zero-order valence-corrected chi connectivity index (χ0v) is 17.5. The van der Waals surface area contributed by atoms with Crippen molar-refractivity contribution in [1.29, 1.82) is 0 Å². The van der Waals surface area contributed by atoms with E-state index in [0.29, 0.717) is 13.1 Å². The normalized spacial score (nSPS) is 18.9. The van der Waals surface area contributed by atoms with Crippen molar-refractivity contribution in [1.82, 2.24) is 4.90 Å². The Bertz CT molecular complexity index is 728. The third kappa shape index (κ3) is 5.41. The highest BCUT2D eigenvalue weighted by Crippen LogP contribution is 2.37. The number of thiophene rings is 1. The van der Waals surface area contributed by atoms with Crippen LogP contribution in [0.3, 0.4) is 0 Å². The molecular weight excluding hydrogens is 381 g/mol. The Labute approximate surface area is 170 Å². The van der Waals surface area contributed by atoms with Gasteiger partial charge in [0.05, 0.1) is 0 Å². The molecule has 2 aromatic rings. The van der Waals surface area contributed by atoms with Gasteiger partial charge in [-0.2, -0.15) is 13.2 Å². The van der Waals surface area contributed by atoms with Crippen molar-refractivity contribution < 1.29 is 13.2 Å². The summed E-state index contributed by atoms with van der Waals surface area (Å²) in [6, 6.07) is 6.18. The van der Waals surface area contributed by atoms with Gasteiger partial charge in [0, 0.05) is 35.4 Å². The molecule has 0 N–H and O–H groups in total. The van der Waals surface area contributed by atoms with E-state index in [-0.39, 0.29) is 6.54 Å². The molecule has 2 nitrogen and oxygen atoms in total. The summed E-state index contributed by atoms with van der Waals surface area (Å²) in [5.41, 5.74) is 0.719. The van der Waals surface area contributed by atoms with Gasteiger partial charge >= 0.3 is 6.18 Å². The molecule has 1 aromatic carbocycles. The highest BCUT2D eigenvalue weighted by molar-refractivity contribution is 7.17. The molecule has 0 bridgehead atoms. The maximum Gasteiger partial charge on any atom is 0.409 e. The third-order valence-electron chi connectivity index (χ3n) is 5.70. The van der Waals surface area contributed by atoms with Crippen LogP contribution >= 0.6 is 11.3 Å². The monoisotopic (exact) mass is 412 g/mol. The van der Waals surface area contributed by atoms with Gasteiger partial charge < -0.3 is 4.90 Å². The Kier molecular flexibility index (Phi) is 7.63. The zero-order chi connectivity index (χ0) is 20.0. The number of benzene rings is 1. The number of alkyl halides is 3. The largest absolute Gasteiger partial charge is 0.409 e. The van der Waals surface area contributed by atoms with E-state index in [1.807, 2.05) is 34.5 Å². The summed E-state index contributed by atoms with van der Waals surface area (Å²) in [6.07, 6.45) is 4.14. The van der Waals surface area contributed by atoms with Gasteiger partial charge in [-0.15, -0.1) is 11.3 Å². The SMILES string of the molecule is CCCCCCCCCN1CCN(c2cccc3sccc23)C(C(F)(F)F)C1. The molecule has 0 spiro atoms. The van der Waals surface area contributed by atoms with Crippen LogP contribution in [-0.4, -0.2) is 43.3 Å². The summed E-state index contributed by atoms with van der Waals surface area (Å²) in [7, 11) is 0. The highest BCUT2D eigenvalue weighted by Gasteiger charge is 2.46. The first-order valence-electron chi connectivity index (χ1n) is 10.5. The van der Waals surface area contributed by atoms with E-state index < -0.39 is 12.2 Å². The summed E-state index contributed by atoms with van der Waals surface area (Å²) in [4.78, 5) is 3.59. The first kappa shape index (κ1) is 21.4. The zero-order valence-electron chi connectivity index (χ0n) is 16.7. The maximum atomic E-state index is 13.9. The Morgan fingerprint density at radius 2 is 1.75 bits per heavy atom. The van der Waals surface area contributed by atoms with Crippen LogP contribution < -0.4 is 4.90 Å². The van der Waals surface area contributed by atoms with Crippen molar-refractivity contribution in [2.75, 3.05) is 31.1 Å². The molecule has 1 aliphatic heterocycles. The van der Waals surface area contributed by atoms with Gasteiger partial charge in [0.15, 0.2) is 0 Å². The minimum atomic E-state index is -4.23. The van der Waals surface area contributed by atoms with Gasteiger partial charge in [0.25, 0.3) is 0 Å². The predicted octanol–water partition coefficient (Wildman–Crippen LogP) is 6.70. The minimum Gasteiger partial charge on any atom is -0.357 e. The molecule has 3 rings (SSSR count). The van der Waals surface area contributed by atoms with Crippen molar-refractivity contribution in [2.45, 2.75) is 64.1 Å². The molecule has 0 radical (unpaired) electrons. The van der Waals surface area contributed by atoms with Crippen LogP contribution in [0.25, 0.3) is 10.1 Å². The first-order chi connectivity index (χ1) is 13.5. The predicted molar refractivity (Wildman–Crippen MR) is 113 cm³/mol. The summed E-state index contributed by atoms with van der Waals surface area (Å²) < 4.78 is 42.7. The lowest BCUT2D eigenvalue weighted by atomic mass is 10.1. The van der Waals surface area contributed by atoms with Crippen molar-refractivity contribution in [3.05, 3.63) is 29.6 Å². The summed E-state index contributed by atoms with van der Waals surface area (Å²) in [5, 5.41) is 2.88. The maximum absolute atomic E-state index is 13.9. The van der Waals surface area contributed by atoms with E-state index in [2.05, 4.69) is 6.92 Å². The standard InChI is InChI=1S/C22H31F3N2S/c1-2-3-4-5-6-7-8-13-26-14-15-27(21(17-26)22(23,24)25)19-10-9-11-20-18(19)12-16-28-20/h9-12,16,21H,2-8,13-15,17H2,1H3. The average Bonchev–Trinajstić information content (AvgIpc) is 3.15. The molecule has 0 aliphatic carbocycles. The van der Waals surface area contributed by atoms with Gasteiger partial charge in [-0.25, -0.2) is 0 Å². The van der Waals surface area contributed by atoms with Crippen LogP contribution in [0.4, 0.5) is 18.9 Å². The Balaban J connectivity index is 1.59. The van der Waals surface area contributed by atoms with Crippen LogP contribution in [0.1, 0.15) is 51.9 Å². The van der Waals surface area contributed by atoms with Gasteiger partial charge in [-0.1, -0.05) is 51.5 Å². The summed E-state index contributed by atoms with van der Waals surface area (Å²) in [5.74, 6) is 0. The number of hydrogen-bond acceptors (Lipinski definition) is 3. The van der Waals surface area contributed by atoms with Crippen molar-refractivity contribution >= 4 is 27.1 Å². The van der Waals surface area contributed by atoms with E-state index in [0.717, 1.165) is 35.2 Å². The summed E-state index contributed by atoms with van der Waals surface area (Å²) in [6.45, 7) is 4.17. The Morgan fingerprint density at radius 3 is 2.50 bits per heavy atom. The topological polar surface area (TPSA) is 6.48 Å². The number of piperazine rings is 1. The molecule has 2 heterocycles. The number of halogens is 3. The second-order valence-electron chi connectivity index (χ2n) is 7.78. The van der Waals surface area contributed by atoms with Gasteiger partial charge in [-0.05, 0) is 36.5 Å². The minimum absolute atomic E-state index is 0.0693. The molecule has 0 saturated carbocycles. The van der Waals surface area contributed by atoms with E-state index >= 15 is 0 Å². The quantitative estimate of drug-likeness (QED) is 0.423. The summed E-state index contributed by atoms with van der Waals surface area (Å²) >= 11 is 1.58. The number of nitrogens with zero attached hydrogens (tertiary/aromatic N) is 2. The Hall–Kier alpha value is -1.27. The molecule has 28 heavy (non-hydrogen) atoms. The van der Waals surface area contributed by atoms with Crippen LogP contribution in [0.2, 0.25) is 0 Å². The average molecular weight is 413 g/mol. The fourth-order valence-electron chi connectivity index (χ4n) is 4.13. The first-order valence-corrected chi connectivity index (χ1v) is 11.4. The van der Waals surface area contributed by atoms with Crippen LogP contribution in [-0.2, 0) is 0 Å². The van der Waals surface area contributed by atoms with Crippen LogP contribution in [0, 0.1) is 0 Å². The van der Waals surface area contributed by atoms with Gasteiger partial charge in [-0.3, -0.25) is 4.90 Å². The van der Waals surface area contributed by atoms with Crippen LogP contribution in [0.15, 0.2) is 29.6 Å². The van der Waals surface area contributed by atoms with E-state index in [1.54, 1.807) is 16.2 Å². The number of unbranched alkanes of at least 4 members (excludes halogenated alkanes) is 6. The number of anilines is 1. The molecular formula is C22H31F3N2S. The van der Waals surface area contributed by atoms with Crippen LogP contribution in [0.5, 0.6) is 0 Å². The number of rotatable bonds is 9. The lowest BCUT2D eigenvalue weighted by molar-refractivity contribution is -0.156. The molecule has 1 unspecified atom stereocenters. The molecule has 1 atom stereocenters. The van der Waals surface area contributed by atoms with E-state index in [4.69, 9.17) is 0 Å². The second-order valence-corrected chi connectivity index (χ2v) is 8.73. The molecule has 156 valence electrons. The number of fused-ring (bicyclic) bond motifs is 1. The van der Waals surface area contributed by atoms with Gasteiger partial charge in [0.2, 0.25) is 0 Å². The smallest absolute Gasteiger partial charge is 0.357 e. The highest BCUT2D eigenvalue weighted by atomic mass is 32.1. The molecule has 1 aliphatic rings. The Morgan fingerprint density at radius 1 is 1.00 bits per heavy atom. The number of hydrogen-bond donors (Lipinski definition) is 0. The van der Waals surface area contributed by atoms with Crippen molar-refractivity contribution in [3.63, 3.8) is 0 Å². The lowest BCUT2D eigenvalue weighted by Crippen LogP contribution is -2.59. The van der Waals surface area contributed by atoms with E-state index in [1.165, 1.54) is 32.1 Å². The molecule has 6 heteroatoms. The lowest BCUT2D eigenvalue weighted by Gasteiger charge is -2.43.